The van der Waals surface area contributed by atoms with Gasteiger partial charge >= 0.3 is 6.18 Å². The Hall–Kier alpha value is -1.26. The number of rotatable bonds is 3. The van der Waals surface area contributed by atoms with Crippen molar-refractivity contribution >= 4 is 5.69 Å². The van der Waals surface area contributed by atoms with Crippen LogP contribution in [0.1, 0.15) is 37.8 Å². The first-order valence-electron chi connectivity index (χ1n) is 6.89. The topological polar surface area (TPSA) is 12.0 Å². The number of anilines is 1. The van der Waals surface area contributed by atoms with Gasteiger partial charge in [-0.1, -0.05) is 13.8 Å². The first-order valence-corrected chi connectivity index (χ1v) is 6.89. The van der Waals surface area contributed by atoms with E-state index in [2.05, 4.69) is 5.32 Å². The summed E-state index contributed by atoms with van der Waals surface area (Å²) in [6.45, 7) is 7.29. The summed E-state index contributed by atoms with van der Waals surface area (Å²) in [4.78, 5) is 0. The maximum atomic E-state index is 13.5. The lowest BCUT2D eigenvalue weighted by molar-refractivity contribution is -0.146. The van der Waals surface area contributed by atoms with Crippen LogP contribution in [-0.2, 0) is 0 Å². The standard InChI is InChI=1S/C13H15F4N.C2H6/c1-7-5-10(6-11(14)8(7)2)18-12(9-3-4-9)13(15,16)17;1-2/h5-6,9,12,18H,3-4H2,1-2H3;1-2H3. The molecule has 1 unspecified atom stereocenters. The quantitative estimate of drug-likeness (QED) is 0.753. The highest BCUT2D eigenvalue weighted by Gasteiger charge is 2.48. The zero-order chi connectivity index (χ0) is 15.5. The van der Waals surface area contributed by atoms with Crippen LogP contribution < -0.4 is 5.32 Å². The zero-order valence-electron chi connectivity index (χ0n) is 12.2. The van der Waals surface area contributed by atoms with Crippen LogP contribution in [0.15, 0.2) is 12.1 Å². The minimum Gasteiger partial charge on any atom is -0.374 e. The number of hydrogen-bond donors (Lipinski definition) is 1. The molecule has 20 heavy (non-hydrogen) atoms. The van der Waals surface area contributed by atoms with Gasteiger partial charge in [-0.3, -0.25) is 0 Å². The minimum absolute atomic E-state index is 0.199. The van der Waals surface area contributed by atoms with Gasteiger partial charge in [0.25, 0.3) is 0 Å². The Kier molecular flexibility index (Phi) is 5.42. The third kappa shape index (κ3) is 4.12. The summed E-state index contributed by atoms with van der Waals surface area (Å²) < 4.78 is 51.9. The normalized spacial score (nSPS) is 16.2. The summed E-state index contributed by atoms with van der Waals surface area (Å²) in [5.41, 5.74) is 1.31. The van der Waals surface area contributed by atoms with Crippen molar-refractivity contribution < 1.29 is 17.6 Å². The van der Waals surface area contributed by atoms with Crippen molar-refractivity contribution in [1.82, 2.24) is 0 Å². The maximum Gasteiger partial charge on any atom is 0.408 e. The average molecular weight is 291 g/mol. The van der Waals surface area contributed by atoms with Crippen LogP contribution in [0.4, 0.5) is 23.2 Å². The molecule has 0 heterocycles. The Morgan fingerprint density at radius 1 is 1.15 bits per heavy atom. The van der Waals surface area contributed by atoms with Crippen LogP contribution in [0.2, 0.25) is 0 Å². The average Bonchev–Trinajstić information content (AvgIpc) is 3.18. The molecule has 1 N–H and O–H groups in total. The molecule has 1 aromatic carbocycles. The monoisotopic (exact) mass is 291 g/mol. The van der Waals surface area contributed by atoms with Crippen LogP contribution in [0.3, 0.4) is 0 Å². The first-order chi connectivity index (χ1) is 9.29. The number of aryl methyl sites for hydroxylation is 1. The van der Waals surface area contributed by atoms with Gasteiger partial charge < -0.3 is 5.32 Å². The molecule has 0 aliphatic heterocycles. The SMILES string of the molecule is CC.Cc1cc(NC(C2CC2)C(F)(F)F)cc(F)c1C. The highest BCUT2D eigenvalue weighted by atomic mass is 19.4. The van der Waals surface area contributed by atoms with Gasteiger partial charge in [-0.2, -0.15) is 13.2 Å². The molecule has 114 valence electrons. The lowest BCUT2D eigenvalue weighted by Gasteiger charge is -2.23. The summed E-state index contributed by atoms with van der Waals surface area (Å²) in [6.07, 6.45) is -3.15. The fraction of sp³-hybridized carbons (Fsp3) is 0.600. The number of alkyl halides is 3. The number of hydrogen-bond acceptors (Lipinski definition) is 1. The molecule has 2 rings (SSSR count). The van der Waals surface area contributed by atoms with Gasteiger partial charge in [0.1, 0.15) is 11.9 Å². The van der Waals surface area contributed by atoms with Gasteiger partial charge in [0.05, 0.1) is 0 Å². The Labute approximate surface area is 117 Å². The van der Waals surface area contributed by atoms with E-state index in [0.717, 1.165) is 6.07 Å². The summed E-state index contributed by atoms with van der Waals surface area (Å²) >= 11 is 0. The predicted molar refractivity (Wildman–Crippen MR) is 73.4 cm³/mol. The highest BCUT2D eigenvalue weighted by molar-refractivity contribution is 5.50. The van der Waals surface area contributed by atoms with Crippen molar-refractivity contribution in [3.05, 3.63) is 29.1 Å². The van der Waals surface area contributed by atoms with Crippen molar-refractivity contribution in [2.24, 2.45) is 5.92 Å². The Morgan fingerprint density at radius 3 is 2.10 bits per heavy atom. The van der Waals surface area contributed by atoms with Crippen LogP contribution >= 0.6 is 0 Å². The van der Waals surface area contributed by atoms with Gasteiger partial charge in [0.15, 0.2) is 0 Å². The van der Waals surface area contributed by atoms with E-state index in [9.17, 15) is 17.6 Å². The number of benzene rings is 1. The fourth-order valence-corrected chi connectivity index (χ4v) is 1.98. The van der Waals surface area contributed by atoms with Crippen molar-refractivity contribution in [1.29, 1.82) is 0 Å². The Bertz CT molecular complexity index is 427. The van der Waals surface area contributed by atoms with Crippen molar-refractivity contribution in [3.8, 4) is 0 Å². The van der Waals surface area contributed by atoms with Crippen molar-refractivity contribution in [2.45, 2.75) is 52.8 Å². The molecule has 1 saturated carbocycles. The molecule has 0 spiro atoms. The molecular formula is C15H21F4N. The minimum atomic E-state index is -4.30. The molecule has 1 aliphatic carbocycles. The summed E-state index contributed by atoms with van der Waals surface area (Å²) in [7, 11) is 0. The lowest BCUT2D eigenvalue weighted by Crippen LogP contribution is -2.38. The number of halogens is 4. The van der Waals surface area contributed by atoms with E-state index in [0.29, 0.717) is 24.0 Å². The van der Waals surface area contributed by atoms with Crippen molar-refractivity contribution in [2.75, 3.05) is 5.32 Å². The second-order valence-electron chi connectivity index (χ2n) is 4.90. The fourth-order valence-electron chi connectivity index (χ4n) is 1.98. The molecule has 0 radical (unpaired) electrons. The Morgan fingerprint density at radius 2 is 1.70 bits per heavy atom. The Balaban J connectivity index is 0.000000956. The van der Waals surface area contributed by atoms with E-state index >= 15 is 0 Å². The van der Waals surface area contributed by atoms with Gasteiger partial charge in [-0.05, 0) is 55.9 Å². The molecule has 1 fully saturated rings. The molecular weight excluding hydrogens is 270 g/mol. The van der Waals surface area contributed by atoms with Crippen LogP contribution in [0.5, 0.6) is 0 Å². The summed E-state index contributed by atoms with van der Waals surface area (Å²) in [6, 6.07) is 1.11. The van der Waals surface area contributed by atoms with Crippen LogP contribution in [0, 0.1) is 25.6 Å². The highest BCUT2D eigenvalue weighted by Crippen LogP contribution is 2.41. The molecule has 1 aliphatic rings. The van der Waals surface area contributed by atoms with Crippen LogP contribution in [-0.4, -0.2) is 12.2 Å². The third-order valence-electron chi connectivity index (χ3n) is 3.37. The molecule has 1 nitrogen and oxygen atoms in total. The smallest absolute Gasteiger partial charge is 0.374 e. The molecule has 1 atom stereocenters. The molecule has 0 bridgehead atoms. The van der Waals surface area contributed by atoms with E-state index in [4.69, 9.17) is 0 Å². The van der Waals surface area contributed by atoms with Gasteiger partial charge in [-0.25, -0.2) is 4.39 Å². The van der Waals surface area contributed by atoms with E-state index < -0.39 is 18.0 Å². The lowest BCUT2D eigenvalue weighted by atomic mass is 10.1. The van der Waals surface area contributed by atoms with E-state index in [1.165, 1.54) is 0 Å². The van der Waals surface area contributed by atoms with Crippen molar-refractivity contribution in [3.63, 3.8) is 0 Å². The van der Waals surface area contributed by atoms with Gasteiger partial charge in [0, 0.05) is 5.69 Å². The summed E-state index contributed by atoms with van der Waals surface area (Å²) in [5, 5.41) is 2.42. The number of nitrogens with one attached hydrogen (secondary N) is 1. The third-order valence-corrected chi connectivity index (χ3v) is 3.37. The van der Waals surface area contributed by atoms with E-state index in [1.54, 1.807) is 19.9 Å². The van der Waals surface area contributed by atoms with E-state index in [-0.39, 0.29) is 11.6 Å². The van der Waals surface area contributed by atoms with Crippen LogP contribution in [0.25, 0.3) is 0 Å². The van der Waals surface area contributed by atoms with Gasteiger partial charge in [0.2, 0.25) is 0 Å². The first kappa shape index (κ1) is 16.8. The largest absolute Gasteiger partial charge is 0.408 e. The second-order valence-corrected chi connectivity index (χ2v) is 4.90. The molecule has 5 heteroatoms. The maximum absolute atomic E-state index is 13.5. The zero-order valence-corrected chi connectivity index (χ0v) is 12.2. The molecule has 0 saturated heterocycles. The molecule has 0 amide bonds. The van der Waals surface area contributed by atoms with Gasteiger partial charge in [-0.15, -0.1) is 0 Å². The summed E-state index contributed by atoms with van der Waals surface area (Å²) in [5.74, 6) is -0.858. The van der Waals surface area contributed by atoms with E-state index in [1.807, 2.05) is 13.8 Å². The predicted octanol–water partition coefficient (Wildman–Crippen LogP) is 5.22. The second kappa shape index (κ2) is 6.46. The molecule has 0 aromatic heterocycles. The molecule has 1 aromatic rings.